The smallest absolute Gasteiger partial charge is 0.224 e. The normalized spacial score (nSPS) is 22.6. The lowest BCUT2D eigenvalue weighted by Crippen LogP contribution is -2.39. The van der Waals surface area contributed by atoms with Gasteiger partial charge in [-0.1, -0.05) is 6.07 Å². The summed E-state index contributed by atoms with van der Waals surface area (Å²) in [5.74, 6) is -1.43. The highest BCUT2D eigenvalue weighted by Crippen LogP contribution is 2.23. The third kappa shape index (κ3) is 3.76. The van der Waals surface area contributed by atoms with Gasteiger partial charge in [-0.15, -0.1) is 0 Å². The van der Waals surface area contributed by atoms with Gasteiger partial charge < -0.3 is 10.4 Å². The predicted octanol–water partition coefficient (Wildman–Crippen LogP) is 2.17. The van der Waals surface area contributed by atoms with Crippen molar-refractivity contribution in [2.45, 2.75) is 38.1 Å². The predicted molar refractivity (Wildman–Crippen MR) is 71.0 cm³/mol. The molecular weight excluding hydrogens is 264 g/mol. The van der Waals surface area contributed by atoms with Crippen molar-refractivity contribution >= 4 is 5.91 Å². The number of rotatable bonds is 4. The fourth-order valence-electron chi connectivity index (χ4n) is 2.63. The first kappa shape index (κ1) is 14.9. The molecule has 5 heteroatoms. The lowest BCUT2D eigenvalue weighted by molar-refractivity contribution is -0.121. The van der Waals surface area contributed by atoms with E-state index in [9.17, 15) is 13.6 Å². The Labute approximate surface area is 117 Å². The van der Waals surface area contributed by atoms with Gasteiger partial charge in [-0.3, -0.25) is 4.79 Å². The first-order chi connectivity index (χ1) is 9.60. The molecule has 1 aromatic rings. The van der Waals surface area contributed by atoms with E-state index in [4.69, 9.17) is 5.11 Å². The monoisotopic (exact) mass is 283 g/mol. The summed E-state index contributed by atoms with van der Waals surface area (Å²) in [5.41, 5.74) is -0.186. The first-order valence-corrected chi connectivity index (χ1v) is 6.93. The summed E-state index contributed by atoms with van der Waals surface area (Å²) in [6, 6.07) is 3.62. The molecule has 0 radical (unpaired) electrons. The average molecular weight is 283 g/mol. The number of aliphatic hydroxyl groups excluding tert-OH is 1. The number of benzene rings is 1. The molecule has 1 amide bonds. The van der Waals surface area contributed by atoms with Gasteiger partial charge >= 0.3 is 0 Å². The van der Waals surface area contributed by atoms with Crippen LogP contribution in [0.1, 0.15) is 31.2 Å². The van der Waals surface area contributed by atoms with E-state index in [0.29, 0.717) is 5.92 Å². The molecule has 1 aliphatic rings. The van der Waals surface area contributed by atoms with Crippen molar-refractivity contribution in [3.63, 3.8) is 0 Å². The lowest BCUT2D eigenvalue weighted by atomic mass is 9.86. The summed E-state index contributed by atoms with van der Waals surface area (Å²) < 4.78 is 26.9. The van der Waals surface area contributed by atoms with Crippen molar-refractivity contribution in [3.05, 3.63) is 35.4 Å². The van der Waals surface area contributed by atoms with Gasteiger partial charge in [-0.25, -0.2) is 8.78 Å². The van der Waals surface area contributed by atoms with Crippen LogP contribution in [0.15, 0.2) is 18.2 Å². The molecule has 0 unspecified atom stereocenters. The zero-order chi connectivity index (χ0) is 14.5. The van der Waals surface area contributed by atoms with Crippen molar-refractivity contribution in [1.29, 1.82) is 0 Å². The summed E-state index contributed by atoms with van der Waals surface area (Å²) in [4.78, 5) is 11.8. The second-order valence-corrected chi connectivity index (χ2v) is 5.34. The Morgan fingerprint density at radius 3 is 2.35 bits per heavy atom. The van der Waals surface area contributed by atoms with Crippen LogP contribution in [0, 0.1) is 17.6 Å². The van der Waals surface area contributed by atoms with Gasteiger partial charge in [0.2, 0.25) is 5.91 Å². The number of carbonyl (C=O) groups is 1. The Balaban J connectivity index is 1.87. The molecule has 1 fully saturated rings. The minimum atomic E-state index is -0.691. The highest BCUT2D eigenvalue weighted by atomic mass is 19.1. The minimum absolute atomic E-state index is 0.0418. The molecule has 0 aromatic heterocycles. The molecule has 0 aliphatic heterocycles. The second kappa shape index (κ2) is 6.79. The Morgan fingerprint density at radius 1 is 1.20 bits per heavy atom. The maximum Gasteiger partial charge on any atom is 0.224 e. The number of hydrogen-bond donors (Lipinski definition) is 2. The Hall–Kier alpha value is -1.49. The van der Waals surface area contributed by atoms with Crippen molar-refractivity contribution < 1.29 is 18.7 Å². The first-order valence-electron chi connectivity index (χ1n) is 6.93. The molecular formula is C15H19F2NO2. The van der Waals surface area contributed by atoms with Crippen molar-refractivity contribution in [1.82, 2.24) is 5.32 Å². The fourth-order valence-corrected chi connectivity index (χ4v) is 2.63. The largest absolute Gasteiger partial charge is 0.396 e. The van der Waals surface area contributed by atoms with Gasteiger partial charge in [-0.2, -0.15) is 0 Å². The summed E-state index contributed by atoms with van der Waals surface area (Å²) in [6.45, 7) is 0.182. The highest BCUT2D eigenvalue weighted by Gasteiger charge is 2.22. The van der Waals surface area contributed by atoms with Crippen LogP contribution in [0.4, 0.5) is 8.78 Å². The summed E-state index contributed by atoms with van der Waals surface area (Å²) in [7, 11) is 0. The maximum atomic E-state index is 13.4. The van der Waals surface area contributed by atoms with E-state index >= 15 is 0 Å². The van der Waals surface area contributed by atoms with Crippen LogP contribution < -0.4 is 5.32 Å². The summed E-state index contributed by atoms with van der Waals surface area (Å²) in [5, 5.41) is 11.9. The fraction of sp³-hybridized carbons (Fsp3) is 0.533. The van der Waals surface area contributed by atoms with Gasteiger partial charge in [0.1, 0.15) is 11.6 Å². The summed E-state index contributed by atoms with van der Waals surface area (Å²) in [6.07, 6.45) is 3.07. The van der Waals surface area contributed by atoms with Gasteiger partial charge in [0.15, 0.2) is 0 Å². The van der Waals surface area contributed by atoms with Crippen molar-refractivity contribution in [2.75, 3.05) is 6.61 Å². The Kier molecular flexibility index (Phi) is 5.06. The molecule has 1 aromatic carbocycles. The minimum Gasteiger partial charge on any atom is -0.396 e. The Bertz CT molecular complexity index is 451. The van der Waals surface area contributed by atoms with E-state index in [1.165, 1.54) is 6.07 Å². The topological polar surface area (TPSA) is 49.3 Å². The van der Waals surface area contributed by atoms with Gasteiger partial charge in [-0.05, 0) is 43.7 Å². The van der Waals surface area contributed by atoms with Crippen molar-refractivity contribution in [3.8, 4) is 0 Å². The van der Waals surface area contributed by atoms with E-state index in [-0.39, 0.29) is 30.5 Å². The van der Waals surface area contributed by atoms with Crippen LogP contribution in [-0.4, -0.2) is 23.7 Å². The van der Waals surface area contributed by atoms with Crippen molar-refractivity contribution in [2.24, 2.45) is 5.92 Å². The second-order valence-electron chi connectivity index (χ2n) is 5.34. The van der Waals surface area contributed by atoms with Gasteiger partial charge in [0, 0.05) is 18.2 Å². The van der Waals surface area contributed by atoms with Crippen LogP contribution in [-0.2, 0) is 11.2 Å². The van der Waals surface area contributed by atoms with Crippen LogP contribution in [0.25, 0.3) is 0 Å². The number of nitrogens with one attached hydrogen (secondary N) is 1. The van der Waals surface area contributed by atoms with E-state index in [0.717, 1.165) is 37.8 Å². The number of hydrogen-bond acceptors (Lipinski definition) is 2. The molecule has 1 aliphatic carbocycles. The van der Waals surface area contributed by atoms with Crippen LogP contribution in [0.2, 0.25) is 0 Å². The zero-order valence-corrected chi connectivity index (χ0v) is 11.2. The molecule has 0 spiro atoms. The third-order valence-electron chi connectivity index (χ3n) is 3.87. The highest BCUT2D eigenvalue weighted by molar-refractivity contribution is 5.79. The van der Waals surface area contributed by atoms with E-state index < -0.39 is 11.6 Å². The van der Waals surface area contributed by atoms with Gasteiger partial charge in [0.05, 0.1) is 6.42 Å². The number of halogens is 2. The maximum absolute atomic E-state index is 13.4. The summed E-state index contributed by atoms with van der Waals surface area (Å²) >= 11 is 0. The molecule has 110 valence electrons. The molecule has 1 saturated carbocycles. The molecule has 0 atom stereocenters. The average Bonchev–Trinajstić information content (AvgIpc) is 2.44. The van der Waals surface area contributed by atoms with Crippen LogP contribution >= 0.6 is 0 Å². The standard InChI is InChI=1S/C15H19F2NO2/c16-13-2-1-3-14(17)12(13)8-15(20)18-11-6-4-10(9-19)5-7-11/h1-3,10-11,19H,4-9H2,(H,18,20). The van der Waals surface area contributed by atoms with Gasteiger partial charge in [0.25, 0.3) is 0 Å². The Morgan fingerprint density at radius 2 is 1.80 bits per heavy atom. The quantitative estimate of drug-likeness (QED) is 0.889. The molecule has 0 bridgehead atoms. The van der Waals surface area contributed by atoms with Crippen LogP contribution in [0.5, 0.6) is 0 Å². The molecule has 3 nitrogen and oxygen atoms in total. The molecule has 2 N–H and O–H groups in total. The molecule has 20 heavy (non-hydrogen) atoms. The zero-order valence-electron chi connectivity index (χ0n) is 11.2. The molecule has 2 rings (SSSR count). The van der Waals surface area contributed by atoms with Crippen LogP contribution in [0.3, 0.4) is 0 Å². The number of carbonyl (C=O) groups excluding carboxylic acids is 1. The SMILES string of the molecule is O=C(Cc1c(F)cccc1F)NC1CCC(CO)CC1. The number of amides is 1. The molecule has 0 heterocycles. The number of aliphatic hydroxyl groups is 1. The molecule has 0 saturated heterocycles. The third-order valence-corrected chi connectivity index (χ3v) is 3.87. The lowest BCUT2D eigenvalue weighted by Gasteiger charge is -2.28. The van der Waals surface area contributed by atoms with E-state index in [2.05, 4.69) is 5.32 Å². The van der Waals surface area contributed by atoms with E-state index in [1.807, 2.05) is 0 Å². The van der Waals surface area contributed by atoms with E-state index in [1.54, 1.807) is 0 Å².